The Balaban J connectivity index is 1.38. The number of nitrogens with one attached hydrogen (secondary N) is 1. The maximum absolute atomic E-state index is 13.0. The van der Waals surface area contributed by atoms with Crippen LogP contribution in [0.15, 0.2) is 54.7 Å². The van der Waals surface area contributed by atoms with Gasteiger partial charge < -0.3 is 19.7 Å². The van der Waals surface area contributed by atoms with Gasteiger partial charge >= 0.3 is 5.97 Å². The van der Waals surface area contributed by atoms with Gasteiger partial charge in [-0.3, -0.25) is 4.79 Å². The molecule has 30 heavy (non-hydrogen) atoms. The number of carbonyl (C=O) groups is 2. The summed E-state index contributed by atoms with van der Waals surface area (Å²) in [6, 6.07) is 15.5. The molecular formula is C24H26N2O4. The lowest BCUT2D eigenvalue weighted by molar-refractivity contribution is -0.152. The minimum Gasteiger partial charge on any atom is -0.478 e. The highest BCUT2D eigenvalue weighted by molar-refractivity contribution is 6.06. The Morgan fingerprint density at radius 3 is 2.40 bits per heavy atom. The normalized spacial score (nSPS) is 15.3. The predicted molar refractivity (Wildman–Crippen MR) is 115 cm³/mol. The summed E-state index contributed by atoms with van der Waals surface area (Å²) >= 11 is 0. The number of carbonyl (C=O) groups excluding carboxylic acids is 1. The maximum Gasteiger partial charge on any atom is 0.347 e. The predicted octanol–water partition coefficient (Wildman–Crippen LogP) is 4.43. The molecule has 0 aliphatic carbocycles. The van der Waals surface area contributed by atoms with Gasteiger partial charge in [0.15, 0.2) is 5.60 Å². The lowest BCUT2D eigenvalue weighted by atomic mass is 9.89. The summed E-state index contributed by atoms with van der Waals surface area (Å²) in [5.74, 6) is -0.0129. The summed E-state index contributed by atoms with van der Waals surface area (Å²) in [6.07, 6.45) is 3.60. The number of aromatic nitrogens is 1. The average molecular weight is 406 g/mol. The monoisotopic (exact) mass is 406 g/mol. The summed E-state index contributed by atoms with van der Waals surface area (Å²) in [4.78, 5) is 29.3. The summed E-state index contributed by atoms with van der Waals surface area (Å²) in [5.41, 5.74) is 1.63. The molecule has 6 heteroatoms. The van der Waals surface area contributed by atoms with E-state index in [2.05, 4.69) is 4.98 Å². The SMILES string of the molecule is CC(C)(Oc1ccc(C2CCN(C(=O)c3c[nH]c4ccccc34)CC2)cc1)C(=O)O. The van der Waals surface area contributed by atoms with Gasteiger partial charge in [0.2, 0.25) is 0 Å². The molecule has 3 aromatic rings. The third-order valence-corrected chi connectivity index (χ3v) is 5.84. The summed E-state index contributed by atoms with van der Waals surface area (Å²) in [5, 5.41) is 10.2. The number of hydrogen-bond acceptors (Lipinski definition) is 3. The molecule has 1 fully saturated rings. The molecule has 6 nitrogen and oxygen atoms in total. The van der Waals surface area contributed by atoms with Crippen LogP contribution in [0.2, 0.25) is 0 Å². The van der Waals surface area contributed by atoms with Crippen molar-refractivity contribution in [2.24, 2.45) is 0 Å². The van der Waals surface area contributed by atoms with E-state index in [9.17, 15) is 14.7 Å². The molecule has 0 radical (unpaired) electrons. The number of amides is 1. The number of carboxylic acid groups (broad SMARTS) is 1. The fraction of sp³-hybridized carbons (Fsp3) is 0.333. The minimum absolute atomic E-state index is 0.0746. The molecule has 0 unspecified atom stereocenters. The van der Waals surface area contributed by atoms with Crippen molar-refractivity contribution in [3.63, 3.8) is 0 Å². The van der Waals surface area contributed by atoms with Gasteiger partial charge in [0.05, 0.1) is 5.56 Å². The second kappa shape index (κ2) is 7.86. The fourth-order valence-electron chi connectivity index (χ4n) is 3.98. The molecule has 2 aromatic carbocycles. The molecule has 156 valence electrons. The zero-order valence-corrected chi connectivity index (χ0v) is 17.2. The van der Waals surface area contributed by atoms with Gasteiger partial charge in [-0.25, -0.2) is 4.79 Å². The topological polar surface area (TPSA) is 82.6 Å². The molecule has 1 amide bonds. The molecule has 1 aliphatic rings. The van der Waals surface area contributed by atoms with Crippen LogP contribution in [-0.4, -0.2) is 45.6 Å². The molecule has 2 heterocycles. The van der Waals surface area contributed by atoms with Crippen molar-refractivity contribution in [3.05, 3.63) is 65.9 Å². The number of rotatable bonds is 5. The van der Waals surface area contributed by atoms with Crippen LogP contribution >= 0.6 is 0 Å². The number of para-hydroxylation sites is 1. The van der Waals surface area contributed by atoms with Crippen LogP contribution in [0, 0.1) is 0 Å². The number of fused-ring (bicyclic) bond motifs is 1. The first-order chi connectivity index (χ1) is 14.3. The number of carboxylic acids is 1. The molecule has 1 aromatic heterocycles. The number of hydrogen-bond donors (Lipinski definition) is 2. The average Bonchev–Trinajstić information content (AvgIpc) is 3.18. The summed E-state index contributed by atoms with van der Waals surface area (Å²) in [7, 11) is 0. The quantitative estimate of drug-likeness (QED) is 0.657. The molecule has 0 spiro atoms. The van der Waals surface area contributed by atoms with Crippen molar-refractivity contribution in [1.82, 2.24) is 9.88 Å². The molecule has 4 rings (SSSR count). The standard InChI is InChI=1S/C24H26N2O4/c1-24(2,23(28)29)30-18-9-7-16(8-10-18)17-11-13-26(14-12-17)22(27)20-15-25-21-6-4-3-5-19(20)21/h3-10,15,17,25H,11-14H2,1-2H3,(H,28,29). The highest BCUT2D eigenvalue weighted by Crippen LogP contribution is 2.31. The number of H-pyrrole nitrogens is 1. The summed E-state index contributed by atoms with van der Waals surface area (Å²) < 4.78 is 5.58. The van der Waals surface area contributed by atoms with E-state index in [1.54, 1.807) is 6.20 Å². The van der Waals surface area contributed by atoms with Crippen molar-refractivity contribution in [2.45, 2.75) is 38.2 Å². The van der Waals surface area contributed by atoms with E-state index < -0.39 is 11.6 Å². The van der Waals surface area contributed by atoms with Gasteiger partial charge in [-0.05, 0) is 56.4 Å². The van der Waals surface area contributed by atoms with Gasteiger partial charge in [0.25, 0.3) is 5.91 Å². The van der Waals surface area contributed by atoms with Gasteiger partial charge in [-0.2, -0.15) is 0 Å². The number of ether oxygens (including phenoxy) is 1. The Morgan fingerprint density at radius 1 is 1.07 bits per heavy atom. The summed E-state index contributed by atoms with van der Waals surface area (Å²) in [6.45, 7) is 4.49. The van der Waals surface area contributed by atoms with E-state index in [1.807, 2.05) is 53.4 Å². The number of aliphatic carboxylic acids is 1. The van der Waals surface area contributed by atoms with Crippen LogP contribution in [0.3, 0.4) is 0 Å². The van der Waals surface area contributed by atoms with E-state index in [1.165, 1.54) is 19.4 Å². The molecular weight excluding hydrogens is 380 g/mol. The van der Waals surface area contributed by atoms with E-state index in [4.69, 9.17) is 4.74 Å². The second-order valence-corrected chi connectivity index (χ2v) is 8.30. The Hall–Kier alpha value is -3.28. The van der Waals surface area contributed by atoms with E-state index in [-0.39, 0.29) is 5.91 Å². The lowest BCUT2D eigenvalue weighted by Gasteiger charge is -2.32. The number of piperidine rings is 1. The highest BCUT2D eigenvalue weighted by Gasteiger charge is 2.30. The van der Waals surface area contributed by atoms with Crippen molar-refractivity contribution in [1.29, 1.82) is 0 Å². The molecule has 1 aliphatic heterocycles. The van der Waals surface area contributed by atoms with Gasteiger partial charge in [0.1, 0.15) is 5.75 Å². The largest absolute Gasteiger partial charge is 0.478 e. The van der Waals surface area contributed by atoms with Crippen LogP contribution in [0.5, 0.6) is 5.75 Å². The van der Waals surface area contributed by atoms with Crippen LogP contribution in [-0.2, 0) is 4.79 Å². The van der Waals surface area contributed by atoms with Crippen molar-refractivity contribution in [3.8, 4) is 5.75 Å². The number of aromatic amines is 1. The molecule has 0 atom stereocenters. The van der Waals surface area contributed by atoms with Crippen molar-refractivity contribution >= 4 is 22.8 Å². The van der Waals surface area contributed by atoms with E-state index in [0.717, 1.165) is 29.3 Å². The van der Waals surface area contributed by atoms with Crippen molar-refractivity contribution in [2.75, 3.05) is 13.1 Å². The maximum atomic E-state index is 13.0. The lowest BCUT2D eigenvalue weighted by Crippen LogP contribution is -2.38. The number of benzene rings is 2. The van der Waals surface area contributed by atoms with Crippen LogP contribution in [0.25, 0.3) is 10.9 Å². The van der Waals surface area contributed by atoms with E-state index >= 15 is 0 Å². The molecule has 0 saturated carbocycles. The first-order valence-corrected chi connectivity index (χ1v) is 10.2. The van der Waals surface area contributed by atoms with Crippen molar-refractivity contribution < 1.29 is 19.4 Å². The zero-order chi connectivity index (χ0) is 21.3. The zero-order valence-electron chi connectivity index (χ0n) is 17.2. The van der Waals surface area contributed by atoms with E-state index in [0.29, 0.717) is 24.8 Å². The number of likely N-dealkylation sites (tertiary alicyclic amines) is 1. The smallest absolute Gasteiger partial charge is 0.347 e. The first kappa shape index (κ1) is 20.0. The third kappa shape index (κ3) is 3.90. The van der Waals surface area contributed by atoms with Gasteiger partial charge in [-0.1, -0.05) is 30.3 Å². The van der Waals surface area contributed by atoms with Crippen LogP contribution in [0.1, 0.15) is 48.5 Å². The number of nitrogens with zero attached hydrogens (tertiary/aromatic N) is 1. The van der Waals surface area contributed by atoms with Gasteiger partial charge in [-0.15, -0.1) is 0 Å². The third-order valence-electron chi connectivity index (χ3n) is 5.84. The molecule has 2 N–H and O–H groups in total. The van der Waals surface area contributed by atoms with Crippen LogP contribution < -0.4 is 4.74 Å². The van der Waals surface area contributed by atoms with Gasteiger partial charge in [0, 0.05) is 30.2 Å². The fourth-order valence-corrected chi connectivity index (χ4v) is 3.98. The molecule has 1 saturated heterocycles. The first-order valence-electron chi connectivity index (χ1n) is 10.2. The van der Waals surface area contributed by atoms with Crippen LogP contribution in [0.4, 0.5) is 0 Å². The Labute approximate surface area is 175 Å². The molecule has 0 bridgehead atoms. The Bertz CT molecular complexity index is 1060. The second-order valence-electron chi connectivity index (χ2n) is 8.30. The highest BCUT2D eigenvalue weighted by atomic mass is 16.5. The minimum atomic E-state index is -1.27. The Morgan fingerprint density at radius 2 is 1.73 bits per heavy atom. The Kier molecular flexibility index (Phi) is 5.24.